The zero-order valence-corrected chi connectivity index (χ0v) is 24.8. The van der Waals surface area contributed by atoms with Crippen LogP contribution in [0.1, 0.15) is 96.8 Å². The Kier molecular flexibility index (Phi) is 15.8. The van der Waals surface area contributed by atoms with Crippen LogP contribution in [0.15, 0.2) is 24.3 Å². The number of carboxylic acid groups (broad SMARTS) is 1. The minimum absolute atomic E-state index is 0.0177. The molecule has 2 saturated heterocycles. The van der Waals surface area contributed by atoms with Gasteiger partial charge in [-0.3, -0.25) is 4.79 Å². The van der Waals surface area contributed by atoms with Crippen LogP contribution in [-0.2, 0) is 28.5 Å². The van der Waals surface area contributed by atoms with E-state index >= 15 is 0 Å². The third kappa shape index (κ3) is 11.9. The van der Waals surface area contributed by atoms with E-state index in [4.69, 9.17) is 28.8 Å². The van der Waals surface area contributed by atoms with E-state index in [9.17, 15) is 9.90 Å². The number of ether oxygens (including phenoxy) is 5. The summed E-state index contributed by atoms with van der Waals surface area (Å²) in [7, 11) is 1.74. The van der Waals surface area contributed by atoms with Crippen molar-refractivity contribution in [3.05, 3.63) is 24.3 Å². The molecule has 3 fully saturated rings. The first-order chi connectivity index (χ1) is 19.5. The second kappa shape index (κ2) is 19.0. The van der Waals surface area contributed by atoms with Crippen molar-refractivity contribution in [2.75, 3.05) is 26.9 Å². The molecule has 0 amide bonds. The molecule has 40 heavy (non-hydrogen) atoms. The first kappa shape index (κ1) is 33.2. The predicted molar refractivity (Wildman–Crippen MR) is 154 cm³/mol. The highest BCUT2D eigenvalue weighted by atomic mass is 16.7. The van der Waals surface area contributed by atoms with Gasteiger partial charge in [0, 0.05) is 45.7 Å². The minimum atomic E-state index is -0.766. The first-order valence-corrected chi connectivity index (χ1v) is 15.7. The van der Waals surface area contributed by atoms with Gasteiger partial charge in [0.15, 0.2) is 12.6 Å². The number of aliphatic hydroxyl groups excluding tert-OH is 1. The van der Waals surface area contributed by atoms with E-state index in [1.807, 2.05) is 6.08 Å². The summed E-state index contributed by atoms with van der Waals surface area (Å²) in [5, 5.41) is 20.0. The molecule has 8 atom stereocenters. The van der Waals surface area contributed by atoms with Gasteiger partial charge in [-0.05, 0) is 82.5 Å². The second-order valence-electron chi connectivity index (χ2n) is 11.8. The third-order valence-corrected chi connectivity index (χ3v) is 8.48. The van der Waals surface area contributed by atoms with Crippen molar-refractivity contribution in [2.45, 2.75) is 128 Å². The molecule has 230 valence electrons. The number of hydrogen-bond acceptors (Lipinski definition) is 7. The van der Waals surface area contributed by atoms with Gasteiger partial charge in [0.25, 0.3) is 0 Å². The first-order valence-electron chi connectivity index (χ1n) is 15.7. The monoisotopic (exact) mass is 566 g/mol. The lowest BCUT2D eigenvalue weighted by Gasteiger charge is -2.31. The molecule has 2 aliphatic heterocycles. The quantitative estimate of drug-likeness (QED) is 0.153. The number of rotatable bonds is 18. The molecule has 3 rings (SSSR count). The molecule has 0 spiro atoms. The van der Waals surface area contributed by atoms with Gasteiger partial charge in [-0.15, -0.1) is 0 Å². The average molecular weight is 567 g/mol. The minimum Gasteiger partial charge on any atom is -0.481 e. The molecule has 3 aliphatic rings. The van der Waals surface area contributed by atoms with E-state index in [2.05, 4.69) is 25.2 Å². The smallest absolute Gasteiger partial charge is 0.303 e. The van der Waals surface area contributed by atoms with Gasteiger partial charge in [0.05, 0.1) is 18.3 Å². The molecular formula is C32H54O8. The van der Waals surface area contributed by atoms with Gasteiger partial charge in [-0.25, -0.2) is 0 Å². The van der Waals surface area contributed by atoms with Crippen LogP contribution in [0.4, 0.5) is 0 Å². The Hall–Kier alpha value is -1.29. The standard InChI is InChI=1S/C32H54O8/c1-24(13-7-10-20-36-2)28(39-31-16-8-11-21-37-31)19-18-26-25(14-5-3-4-6-15-30(34)35)27(33)23-29(26)40-32-17-9-12-22-38-32/h3,5,18-19,24-29,31-33H,4,6-17,20-23H2,1-2H3,(H,34,35)/b5-3-,19-18+/t24?,25-,26-,27+,28?,29-,31?,32?/m1/s1. The Morgan fingerprint density at radius 3 is 2.45 bits per heavy atom. The average Bonchev–Trinajstić information content (AvgIpc) is 3.24. The van der Waals surface area contributed by atoms with Gasteiger partial charge < -0.3 is 33.9 Å². The van der Waals surface area contributed by atoms with E-state index in [0.717, 1.165) is 90.4 Å². The van der Waals surface area contributed by atoms with Crippen LogP contribution in [0.3, 0.4) is 0 Å². The summed E-state index contributed by atoms with van der Waals surface area (Å²) in [6.07, 6.45) is 19.7. The summed E-state index contributed by atoms with van der Waals surface area (Å²) in [6.45, 7) is 4.49. The van der Waals surface area contributed by atoms with Crippen molar-refractivity contribution >= 4 is 5.97 Å². The number of allylic oxidation sites excluding steroid dienone is 2. The van der Waals surface area contributed by atoms with Crippen LogP contribution >= 0.6 is 0 Å². The summed E-state index contributed by atoms with van der Waals surface area (Å²) in [4.78, 5) is 10.8. The number of carbonyl (C=O) groups is 1. The maximum absolute atomic E-state index is 11.1. The highest BCUT2D eigenvalue weighted by molar-refractivity contribution is 5.66. The van der Waals surface area contributed by atoms with Crippen molar-refractivity contribution < 1.29 is 38.7 Å². The number of methoxy groups -OCH3 is 1. The molecule has 1 saturated carbocycles. The fourth-order valence-corrected chi connectivity index (χ4v) is 6.06. The molecule has 8 nitrogen and oxygen atoms in total. The topological polar surface area (TPSA) is 104 Å². The van der Waals surface area contributed by atoms with Crippen LogP contribution in [0, 0.1) is 17.8 Å². The molecule has 1 aliphatic carbocycles. The summed E-state index contributed by atoms with van der Waals surface area (Å²) in [5.41, 5.74) is 0. The predicted octanol–water partition coefficient (Wildman–Crippen LogP) is 6.02. The van der Waals surface area contributed by atoms with Crippen molar-refractivity contribution in [3.63, 3.8) is 0 Å². The van der Waals surface area contributed by atoms with Gasteiger partial charge >= 0.3 is 5.97 Å². The molecule has 4 unspecified atom stereocenters. The van der Waals surface area contributed by atoms with Gasteiger partial charge in [-0.2, -0.15) is 0 Å². The number of aliphatic carboxylic acids is 1. The lowest BCUT2D eigenvalue weighted by atomic mass is 9.88. The summed E-state index contributed by atoms with van der Waals surface area (Å²) < 4.78 is 30.1. The molecule has 0 bridgehead atoms. The van der Waals surface area contributed by atoms with E-state index in [-0.39, 0.29) is 43.0 Å². The third-order valence-electron chi connectivity index (χ3n) is 8.48. The van der Waals surface area contributed by atoms with Crippen LogP contribution in [-0.4, -0.2) is 74.0 Å². The van der Waals surface area contributed by atoms with E-state index in [1.165, 1.54) is 0 Å². The zero-order valence-electron chi connectivity index (χ0n) is 24.8. The fourth-order valence-electron chi connectivity index (χ4n) is 6.06. The molecule has 8 heteroatoms. The van der Waals surface area contributed by atoms with Gasteiger partial charge in [0.2, 0.25) is 0 Å². The van der Waals surface area contributed by atoms with Gasteiger partial charge in [0.1, 0.15) is 0 Å². The highest BCUT2D eigenvalue weighted by Crippen LogP contribution is 2.40. The lowest BCUT2D eigenvalue weighted by Crippen LogP contribution is -2.32. The Morgan fingerprint density at radius 1 is 1.02 bits per heavy atom. The Balaban J connectivity index is 1.70. The molecular weight excluding hydrogens is 512 g/mol. The van der Waals surface area contributed by atoms with Crippen LogP contribution in [0.2, 0.25) is 0 Å². The maximum atomic E-state index is 11.1. The molecule has 0 aromatic rings. The maximum Gasteiger partial charge on any atom is 0.303 e. The van der Waals surface area contributed by atoms with Crippen LogP contribution in [0.25, 0.3) is 0 Å². The summed E-state index contributed by atoms with van der Waals surface area (Å²) in [6, 6.07) is 0. The van der Waals surface area contributed by atoms with Crippen LogP contribution in [0.5, 0.6) is 0 Å². The molecule has 0 aromatic heterocycles. The highest BCUT2D eigenvalue weighted by Gasteiger charge is 2.42. The van der Waals surface area contributed by atoms with E-state index < -0.39 is 12.1 Å². The van der Waals surface area contributed by atoms with Gasteiger partial charge in [-0.1, -0.05) is 37.6 Å². The van der Waals surface area contributed by atoms with Crippen molar-refractivity contribution in [2.24, 2.45) is 17.8 Å². The number of carboxylic acids is 1. The Morgan fingerprint density at radius 2 is 1.77 bits per heavy atom. The Labute approximate surface area is 241 Å². The fraction of sp³-hybridized carbons (Fsp3) is 0.844. The number of aliphatic hydroxyl groups is 1. The van der Waals surface area contributed by atoms with Crippen molar-refractivity contribution in [1.29, 1.82) is 0 Å². The SMILES string of the molecule is COCCCCC(C)C(/C=C/[C@@H]1[C@@H](C/C=C\CCCC(=O)O)[C@@H](O)C[C@H]1OC1CCCCO1)OC1CCCCO1. The zero-order chi connectivity index (χ0) is 28.6. The molecule has 0 aromatic carbocycles. The van der Waals surface area contributed by atoms with E-state index in [0.29, 0.717) is 18.8 Å². The summed E-state index contributed by atoms with van der Waals surface area (Å²) >= 11 is 0. The molecule has 2 N–H and O–H groups in total. The van der Waals surface area contributed by atoms with Crippen molar-refractivity contribution in [1.82, 2.24) is 0 Å². The van der Waals surface area contributed by atoms with Crippen molar-refractivity contribution in [3.8, 4) is 0 Å². The largest absolute Gasteiger partial charge is 0.481 e. The normalized spacial score (nSPS) is 31.2. The van der Waals surface area contributed by atoms with Crippen LogP contribution < -0.4 is 0 Å². The van der Waals surface area contributed by atoms with E-state index in [1.54, 1.807) is 7.11 Å². The number of hydrogen-bond donors (Lipinski definition) is 2. The lowest BCUT2D eigenvalue weighted by molar-refractivity contribution is -0.193. The summed E-state index contributed by atoms with van der Waals surface area (Å²) in [5.74, 6) is -0.399. The number of unbranched alkanes of at least 4 members (excludes halogenated alkanes) is 2. The Bertz CT molecular complexity index is 743. The molecule has 0 radical (unpaired) electrons. The molecule has 2 heterocycles. The second-order valence-corrected chi connectivity index (χ2v) is 11.8.